The van der Waals surface area contributed by atoms with E-state index in [1.165, 1.54) is 154 Å². The third-order valence-electron chi connectivity index (χ3n) is 7.80. The summed E-state index contributed by atoms with van der Waals surface area (Å²) >= 11 is 0. The Morgan fingerprint density at radius 2 is 0.897 bits per heavy atom. The van der Waals surface area contributed by atoms with Crippen LogP contribution < -0.4 is 0 Å². The number of phenolic OH excluding ortho intramolecular Hbond substituents is 1. The molecule has 0 radical (unpaired) electrons. The highest BCUT2D eigenvalue weighted by molar-refractivity contribution is 5.87. The second kappa shape index (κ2) is 27.8. The fraction of sp³-hybridized carbons (Fsp3) is 0.750. The summed E-state index contributed by atoms with van der Waals surface area (Å²) in [6, 6.07) is 6.74. The van der Waals surface area contributed by atoms with Crippen LogP contribution in [0.5, 0.6) is 5.75 Å². The summed E-state index contributed by atoms with van der Waals surface area (Å²) < 4.78 is 5.26. The summed E-state index contributed by atoms with van der Waals surface area (Å²) in [4.78, 5) is 11.8. The van der Waals surface area contributed by atoms with Crippen LogP contribution in [0.2, 0.25) is 0 Å². The standard InChI is InChI=1S/C36H62O3/c1-2-3-4-5-6-7-8-9-10-11-12-13-14-15-16-17-18-19-20-21-22-23-24-25-26-33-39-36(38)32-29-34-27-30-35(37)31-28-34/h27-32,37H,2-26,33H2,1H3. The van der Waals surface area contributed by atoms with Gasteiger partial charge in [-0.15, -0.1) is 0 Å². The van der Waals surface area contributed by atoms with Gasteiger partial charge in [-0.3, -0.25) is 0 Å². The van der Waals surface area contributed by atoms with Crippen LogP contribution in [0, 0.1) is 0 Å². The molecule has 3 heteroatoms. The summed E-state index contributed by atoms with van der Waals surface area (Å²) in [5, 5.41) is 9.27. The Bertz CT molecular complexity index is 679. The van der Waals surface area contributed by atoms with Gasteiger partial charge < -0.3 is 9.84 Å². The van der Waals surface area contributed by atoms with Crippen molar-refractivity contribution in [2.24, 2.45) is 0 Å². The molecular formula is C36H62O3. The largest absolute Gasteiger partial charge is 0.508 e. The fourth-order valence-corrected chi connectivity index (χ4v) is 5.21. The molecule has 0 bridgehead atoms. The number of benzene rings is 1. The Balaban J connectivity index is 1.71. The molecule has 1 N–H and O–H groups in total. The number of hydrogen-bond acceptors (Lipinski definition) is 3. The predicted molar refractivity (Wildman–Crippen MR) is 169 cm³/mol. The maximum Gasteiger partial charge on any atom is 0.330 e. The van der Waals surface area contributed by atoms with Gasteiger partial charge in [0.2, 0.25) is 0 Å². The third-order valence-corrected chi connectivity index (χ3v) is 7.80. The highest BCUT2D eigenvalue weighted by Crippen LogP contribution is 2.16. The second-order valence-electron chi connectivity index (χ2n) is 11.6. The van der Waals surface area contributed by atoms with E-state index in [4.69, 9.17) is 4.74 Å². The minimum Gasteiger partial charge on any atom is -0.508 e. The molecule has 0 spiro atoms. The van der Waals surface area contributed by atoms with Gasteiger partial charge in [0, 0.05) is 6.08 Å². The van der Waals surface area contributed by atoms with Crippen molar-refractivity contribution >= 4 is 12.0 Å². The van der Waals surface area contributed by atoms with E-state index >= 15 is 0 Å². The van der Waals surface area contributed by atoms with Crippen LogP contribution in [0.25, 0.3) is 6.08 Å². The maximum absolute atomic E-state index is 11.8. The monoisotopic (exact) mass is 542 g/mol. The minimum absolute atomic E-state index is 0.223. The van der Waals surface area contributed by atoms with Crippen LogP contribution >= 0.6 is 0 Å². The van der Waals surface area contributed by atoms with Crippen molar-refractivity contribution in [1.29, 1.82) is 0 Å². The topological polar surface area (TPSA) is 46.5 Å². The average Bonchev–Trinajstić information content (AvgIpc) is 2.94. The summed E-state index contributed by atoms with van der Waals surface area (Å²) in [6.07, 6.45) is 37.9. The minimum atomic E-state index is -0.299. The van der Waals surface area contributed by atoms with Gasteiger partial charge in [0.1, 0.15) is 5.75 Å². The van der Waals surface area contributed by atoms with Crippen molar-refractivity contribution in [2.45, 2.75) is 167 Å². The molecule has 1 aromatic rings. The van der Waals surface area contributed by atoms with Crippen molar-refractivity contribution < 1.29 is 14.6 Å². The zero-order valence-corrected chi connectivity index (χ0v) is 25.6. The number of carbonyl (C=O) groups excluding carboxylic acids is 1. The normalized spacial score (nSPS) is 11.4. The van der Waals surface area contributed by atoms with E-state index in [0.29, 0.717) is 6.61 Å². The molecule has 0 heterocycles. The molecule has 1 rings (SSSR count). The number of phenols is 1. The first kappa shape index (κ1) is 35.3. The molecule has 0 aliphatic heterocycles. The Morgan fingerprint density at radius 3 is 1.26 bits per heavy atom. The van der Waals surface area contributed by atoms with Gasteiger partial charge in [-0.1, -0.05) is 173 Å². The van der Waals surface area contributed by atoms with E-state index in [2.05, 4.69) is 6.92 Å². The highest BCUT2D eigenvalue weighted by atomic mass is 16.5. The second-order valence-corrected chi connectivity index (χ2v) is 11.6. The number of carbonyl (C=O) groups is 1. The predicted octanol–water partition coefficient (Wildman–Crippen LogP) is 11.7. The lowest BCUT2D eigenvalue weighted by Gasteiger charge is -2.04. The van der Waals surface area contributed by atoms with E-state index < -0.39 is 0 Å². The van der Waals surface area contributed by atoms with Crippen LogP contribution in [-0.4, -0.2) is 17.7 Å². The van der Waals surface area contributed by atoms with Crippen LogP contribution in [0.3, 0.4) is 0 Å². The van der Waals surface area contributed by atoms with Crippen molar-refractivity contribution in [3.63, 3.8) is 0 Å². The van der Waals surface area contributed by atoms with Crippen molar-refractivity contribution in [3.05, 3.63) is 35.9 Å². The zero-order valence-electron chi connectivity index (χ0n) is 25.6. The molecule has 0 saturated carbocycles. The zero-order chi connectivity index (χ0) is 28.1. The summed E-state index contributed by atoms with van der Waals surface area (Å²) in [5.41, 5.74) is 0.870. The van der Waals surface area contributed by atoms with E-state index in [0.717, 1.165) is 18.4 Å². The number of esters is 1. The Kier molecular flexibility index (Phi) is 25.1. The van der Waals surface area contributed by atoms with Gasteiger partial charge in [-0.2, -0.15) is 0 Å². The van der Waals surface area contributed by atoms with Crippen molar-refractivity contribution in [2.75, 3.05) is 6.61 Å². The maximum atomic E-state index is 11.8. The Hall–Kier alpha value is -1.77. The first-order valence-corrected chi connectivity index (χ1v) is 16.9. The van der Waals surface area contributed by atoms with Crippen LogP contribution in [0.15, 0.2) is 30.3 Å². The Labute approximate surface area is 242 Å². The number of aromatic hydroxyl groups is 1. The highest BCUT2D eigenvalue weighted by Gasteiger charge is 1.99. The molecule has 0 aromatic heterocycles. The first-order chi connectivity index (χ1) is 19.2. The molecule has 0 fully saturated rings. The van der Waals surface area contributed by atoms with Gasteiger partial charge >= 0.3 is 5.97 Å². The fourth-order valence-electron chi connectivity index (χ4n) is 5.21. The van der Waals surface area contributed by atoms with Crippen molar-refractivity contribution in [1.82, 2.24) is 0 Å². The lowest BCUT2D eigenvalue weighted by atomic mass is 10.0. The molecule has 39 heavy (non-hydrogen) atoms. The molecule has 1 aromatic carbocycles. The smallest absolute Gasteiger partial charge is 0.330 e. The number of unbranched alkanes of at least 4 members (excludes halogenated alkanes) is 24. The summed E-state index contributed by atoms with van der Waals surface area (Å²) in [7, 11) is 0. The third kappa shape index (κ3) is 25.0. The van der Waals surface area contributed by atoms with Crippen molar-refractivity contribution in [3.8, 4) is 5.75 Å². The van der Waals surface area contributed by atoms with E-state index in [-0.39, 0.29) is 11.7 Å². The molecule has 0 aliphatic carbocycles. The van der Waals surface area contributed by atoms with E-state index in [9.17, 15) is 9.90 Å². The van der Waals surface area contributed by atoms with Crippen LogP contribution in [0.4, 0.5) is 0 Å². The molecule has 0 saturated heterocycles. The molecule has 224 valence electrons. The molecule has 0 amide bonds. The van der Waals surface area contributed by atoms with Gasteiger partial charge in [-0.05, 0) is 30.2 Å². The van der Waals surface area contributed by atoms with Gasteiger partial charge in [0.25, 0.3) is 0 Å². The molecule has 0 atom stereocenters. The van der Waals surface area contributed by atoms with Crippen LogP contribution in [-0.2, 0) is 9.53 Å². The molecule has 0 unspecified atom stereocenters. The van der Waals surface area contributed by atoms with Crippen LogP contribution in [0.1, 0.15) is 173 Å². The number of rotatable bonds is 28. The lowest BCUT2D eigenvalue weighted by Crippen LogP contribution is -2.02. The summed E-state index contributed by atoms with van der Waals surface area (Å²) in [5.74, 6) is -0.0762. The number of hydrogen-bond donors (Lipinski definition) is 1. The molecular weight excluding hydrogens is 480 g/mol. The number of ether oxygens (including phenoxy) is 1. The summed E-state index contributed by atoms with van der Waals surface area (Å²) in [6.45, 7) is 2.79. The molecule has 0 aliphatic rings. The van der Waals surface area contributed by atoms with Gasteiger partial charge in [-0.25, -0.2) is 4.79 Å². The quantitative estimate of drug-likeness (QED) is 0.0650. The first-order valence-electron chi connectivity index (χ1n) is 16.9. The Morgan fingerprint density at radius 1 is 0.564 bits per heavy atom. The van der Waals surface area contributed by atoms with E-state index in [1.54, 1.807) is 30.3 Å². The van der Waals surface area contributed by atoms with Gasteiger partial charge in [0.15, 0.2) is 0 Å². The molecule has 3 nitrogen and oxygen atoms in total. The average molecular weight is 543 g/mol. The van der Waals surface area contributed by atoms with E-state index in [1.807, 2.05) is 0 Å². The lowest BCUT2D eigenvalue weighted by molar-refractivity contribution is -0.137. The SMILES string of the molecule is CCCCCCCCCCCCCCCCCCCCCCCCCCCOC(=O)C=Cc1ccc(O)cc1. The van der Waals surface area contributed by atoms with Gasteiger partial charge in [0.05, 0.1) is 6.61 Å².